The zero-order chi connectivity index (χ0) is 17.4. The predicted octanol–water partition coefficient (Wildman–Crippen LogP) is 4.87. The van der Waals surface area contributed by atoms with Gasteiger partial charge in [-0.1, -0.05) is 41.3 Å². The third-order valence-corrected chi connectivity index (χ3v) is 6.66. The summed E-state index contributed by atoms with van der Waals surface area (Å²) in [5, 5.41) is 4.23. The van der Waals surface area contributed by atoms with E-state index in [-0.39, 0.29) is 11.3 Å². The van der Waals surface area contributed by atoms with Crippen LogP contribution in [0.2, 0.25) is 0 Å². The summed E-state index contributed by atoms with van der Waals surface area (Å²) in [6, 6.07) is 6.10. The van der Waals surface area contributed by atoms with E-state index in [9.17, 15) is 4.79 Å². The fourth-order valence-corrected chi connectivity index (χ4v) is 5.14. The molecule has 0 spiro atoms. The molecule has 1 saturated carbocycles. The number of halogens is 1. The summed E-state index contributed by atoms with van der Waals surface area (Å²) in [5.74, 6) is 0.747. The first-order valence-electron chi connectivity index (χ1n) is 9.20. The van der Waals surface area contributed by atoms with Crippen LogP contribution in [0.3, 0.4) is 0 Å². The van der Waals surface area contributed by atoms with Crippen molar-refractivity contribution < 1.29 is 9.53 Å². The molecule has 0 radical (unpaired) electrons. The molecule has 5 heteroatoms. The van der Waals surface area contributed by atoms with Crippen LogP contribution in [0.1, 0.15) is 38.5 Å². The van der Waals surface area contributed by atoms with Crippen LogP contribution in [-0.2, 0) is 16.6 Å². The molecule has 1 aromatic heterocycles. The molecule has 134 valence electrons. The number of anilines is 1. The van der Waals surface area contributed by atoms with E-state index in [0.717, 1.165) is 34.3 Å². The SMILES string of the molecule is Cn1cc(NC(=O)CC2(C3CCCCC3)COC2)c2c(Br)cccc21. The van der Waals surface area contributed by atoms with Crippen LogP contribution >= 0.6 is 15.9 Å². The molecule has 1 aliphatic carbocycles. The number of benzene rings is 1. The van der Waals surface area contributed by atoms with Crippen LogP contribution in [0.15, 0.2) is 28.9 Å². The maximum Gasteiger partial charge on any atom is 0.225 e. The highest BCUT2D eigenvalue weighted by atomic mass is 79.9. The molecule has 0 bridgehead atoms. The lowest BCUT2D eigenvalue weighted by Crippen LogP contribution is -2.51. The van der Waals surface area contributed by atoms with Crippen LogP contribution in [0.25, 0.3) is 10.9 Å². The number of nitrogens with one attached hydrogen (secondary N) is 1. The lowest BCUT2D eigenvalue weighted by Gasteiger charge is -2.48. The highest BCUT2D eigenvalue weighted by Gasteiger charge is 2.47. The Hall–Kier alpha value is -1.33. The topological polar surface area (TPSA) is 43.3 Å². The van der Waals surface area contributed by atoms with Gasteiger partial charge in [-0.3, -0.25) is 4.79 Å². The third kappa shape index (κ3) is 3.13. The number of amides is 1. The van der Waals surface area contributed by atoms with Crippen LogP contribution in [0, 0.1) is 11.3 Å². The number of aromatic nitrogens is 1. The van der Waals surface area contributed by atoms with Gasteiger partial charge in [0.2, 0.25) is 5.91 Å². The Balaban J connectivity index is 1.52. The number of ether oxygens (including phenoxy) is 1. The minimum Gasteiger partial charge on any atom is -0.380 e. The van der Waals surface area contributed by atoms with E-state index in [1.54, 1.807) is 0 Å². The van der Waals surface area contributed by atoms with Gasteiger partial charge in [0.15, 0.2) is 0 Å². The molecule has 1 aliphatic heterocycles. The van der Waals surface area contributed by atoms with Crippen molar-refractivity contribution in [3.05, 3.63) is 28.9 Å². The Kier molecular flexibility index (Phi) is 4.63. The number of fused-ring (bicyclic) bond motifs is 1. The molecule has 1 amide bonds. The molecule has 1 N–H and O–H groups in total. The zero-order valence-electron chi connectivity index (χ0n) is 14.7. The number of nitrogens with zero attached hydrogens (tertiary/aromatic N) is 1. The average Bonchev–Trinajstić information content (AvgIpc) is 2.89. The standard InChI is InChI=1S/C20H25BrN2O2/c1-23-11-16(19-15(21)8-5-9-17(19)23)22-18(24)10-20(12-25-13-20)14-6-3-2-4-7-14/h5,8-9,11,14H,2-4,6-7,10,12-13H2,1H3,(H,22,24). The van der Waals surface area contributed by atoms with Crippen LogP contribution in [0.5, 0.6) is 0 Å². The Bertz CT molecular complexity index is 788. The predicted molar refractivity (Wildman–Crippen MR) is 104 cm³/mol. The van der Waals surface area contributed by atoms with E-state index in [4.69, 9.17) is 4.74 Å². The molecule has 2 aromatic rings. The summed E-state index contributed by atoms with van der Waals surface area (Å²) in [4.78, 5) is 12.8. The monoisotopic (exact) mass is 404 g/mol. The second-order valence-corrected chi connectivity index (χ2v) is 8.56. The van der Waals surface area contributed by atoms with Gasteiger partial charge in [0.25, 0.3) is 0 Å². The van der Waals surface area contributed by atoms with Gasteiger partial charge in [0.05, 0.1) is 24.4 Å². The minimum absolute atomic E-state index is 0.0618. The molecular weight excluding hydrogens is 380 g/mol. The van der Waals surface area contributed by atoms with Gasteiger partial charge < -0.3 is 14.6 Å². The smallest absolute Gasteiger partial charge is 0.225 e. The number of hydrogen-bond donors (Lipinski definition) is 1. The Morgan fingerprint density at radius 3 is 2.76 bits per heavy atom. The number of carbonyl (C=O) groups excluding carboxylic acids is 1. The molecule has 0 unspecified atom stereocenters. The summed E-state index contributed by atoms with van der Waals surface area (Å²) in [6.07, 6.45) is 8.99. The number of aryl methyl sites for hydroxylation is 1. The van der Waals surface area contributed by atoms with Crippen molar-refractivity contribution in [2.45, 2.75) is 38.5 Å². The fourth-order valence-electron chi connectivity index (χ4n) is 4.57. The first-order valence-corrected chi connectivity index (χ1v) is 9.99. The molecule has 4 nitrogen and oxygen atoms in total. The van der Waals surface area contributed by atoms with Gasteiger partial charge in [0.1, 0.15) is 0 Å². The highest BCUT2D eigenvalue weighted by molar-refractivity contribution is 9.10. The van der Waals surface area contributed by atoms with Crippen molar-refractivity contribution in [1.29, 1.82) is 0 Å². The second-order valence-electron chi connectivity index (χ2n) is 7.70. The summed E-state index contributed by atoms with van der Waals surface area (Å²) in [6.45, 7) is 1.48. The third-order valence-electron chi connectivity index (χ3n) is 6.00. The van der Waals surface area contributed by atoms with Crippen LogP contribution < -0.4 is 5.32 Å². The van der Waals surface area contributed by atoms with Crippen molar-refractivity contribution in [2.24, 2.45) is 18.4 Å². The Morgan fingerprint density at radius 1 is 1.32 bits per heavy atom. The maximum atomic E-state index is 12.8. The van der Waals surface area contributed by atoms with Gasteiger partial charge in [0, 0.05) is 34.9 Å². The molecule has 4 rings (SSSR count). The molecule has 0 atom stereocenters. The maximum absolute atomic E-state index is 12.8. The van der Waals surface area contributed by atoms with Gasteiger partial charge in [-0.15, -0.1) is 0 Å². The number of hydrogen-bond acceptors (Lipinski definition) is 2. The minimum atomic E-state index is 0.0618. The van der Waals surface area contributed by atoms with Crippen molar-refractivity contribution in [1.82, 2.24) is 4.57 Å². The van der Waals surface area contributed by atoms with Crippen molar-refractivity contribution in [3.8, 4) is 0 Å². The first kappa shape index (κ1) is 17.1. The average molecular weight is 405 g/mol. The van der Waals surface area contributed by atoms with Crippen LogP contribution in [0.4, 0.5) is 5.69 Å². The van der Waals surface area contributed by atoms with E-state index >= 15 is 0 Å². The number of carbonyl (C=O) groups is 1. The second kappa shape index (κ2) is 6.76. The quantitative estimate of drug-likeness (QED) is 0.789. The van der Waals surface area contributed by atoms with Gasteiger partial charge in [-0.05, 0) is 30.9 Å². The molecule has 25 heavy (non-hydrogen) atoms. The van der Waals surface area contributed by atoms with E-state index < -0.39 is 0 Å². The van der Waals surface area contributed by atoms with E-state index in [0.29, 0.717) is 12.3 Å². The molecule has 2 aliphatic rings. The van der Waals surface area contributed by atoms with Crippen molar-refractivity contribution in [2.75, 3.05) is 18.5 Å². The Morgan fingerprint density at radius 2 is 2.08 bits per heavy atom. The van der Waals surface area contributed by atoms with Crippen LogP contribution in [-0.4, -0.2) is 23.7 Å². The molecular formula is C20H25BrN2O2. The van der Waals surface area contributed by atoms with Crippen molar-refractivity contribution in [3.63, 3.8) is 0 Å². The van der Waals surface area contributed by atoms with Gasteiger partial charge in [-0.2, -0.15) is 0 Å². The first-order chi connectivity index (χ1) is 12.1. The van der Waals surface area contributed by atoms with Gasteiger partial charge in [-0.25, -0.2) is 0 Å². The molecule has 1 aromatic carbocycles. The van der Waals surface area contributed by atoms with E-state index in [2.05, 4.69) is 31.9 Å². The molecule has 2 heterocycles. The molecule has 2 fully saturated rings. The summed E-state index contributed by atoms with van der Waals surface area (Å²) < 4.78 is 8.61. The fraction of sp³-hybridized carbons (Fsp3) is 0.550. The lowest BCUT2D eigenvalue weighted by molar-refractivity contribution is -0.163. The lowest BCUT2D eigenvalue weighted by atomic mass is 9.65. The molecule has 1 saturated heterocycles. The van der Waals surface area contributed by atoms with Crippen molar-refractivity contribution >= 4 is 38.4 Å². The summed E-state index contributed by atoms with van der Waals surface area (Å²) in [7, 11) is 2.01. The number of rotatable bonds is 4. The largest absolute Gasteiger partial charge is 0.380 e. The highest BCUT2D eigenvalue weighted by Crippen LogP contribution is 2.46. The van der Waals surface area contributed by atoms with E-state index in [1.807, 2.05) is 25.4 Å². The summed E-state index contributed by atoms with van der Waals surface area (Å²) >= 11 is 3.62. The summed E-state index contributed by atoms with van der Waals surface area (Å²) in [5.41, 5.74) is 2.06. The normalized spacial score (nSPS) is 20.4. The van der Waals surface area contributed by atoms with E-state index in [1.165, 1.54) is 32.1 Å². The zero-order valence-corrected chi connectivity index (χ0v) is 16.3. The van der Waals surface area contributed by atoms with Gasteiger partial charge >= 0.3 is 0 Å². The Labute approximate surface area is 157 Å².